The van der Waals surface area contributed by atoms with Crippen LogP contribution in [-0.2, 0) is 0 Å². The summed E-state index contributed by atoms with van der Waals surface area (Å²) in [6.07, 6.45) is 0. The minimum Gasteiger partial charge on any atom is -0.357 e. The second kappa shape index (κ2) is 5.70. The fourth-order valence-electron chi connectivity index (χ4n) is 1.79. The van der Waals surface area contributed by atoms with Crippen molar-refractivity contribution in [3.8, 4) is 0 Å². The summed E-state index contributed by atoms with van der Waals surface area (Å²) in [5.74, 6) is -0.143. The minimum atomic E-state index is -0.568. The minimum absolute atomic E-state index is 0.0140. The van der Waals surface area contributed by atoms with Crippen LogP contribution in [0.3, 0.4) is 0 Å². The fourth-order valence-corrected chi connectivity index (χ4v) is 1.79. The van der Waals surface area contributed by atoms with Gasteiger partial charge in [0, 0.05) is 12.7 Å². The molecule has 0 amide bonds. The first kappa shape index (κ1) is 14.6. The Bertz CT molecular complexity index is 705. The molecule has 8 heteroatoms. The largest absolute Gasteiger partial charge is 0.357 e. The smallest absolute Gasteiger partial charge is 0.332 e. The van der Waals surface area contributed by atoms with Crippen LogP contribution < -0.4 is 10.6 Å². The summed E-state index contributed by atoms with van der Waals surface area (Å²) in [5.41, 5.74) is 0.843. The van der Waals surface area contributed by atoms with Crippen LogP contribution in [0.25, 0.3) is 0 Å². The molecular formula is C13H14FN5O2. The van der Waals surface area contributed by atoms with Crippen molar-refractivity contribution in [2.24, 2.45) is 0 Å². The molecule has 0 aliphatic rings. The Morgan fingerprint density at radius 1 is 1.29 bits per heavy atom. The first-order valence-corrected chi connectivity index (χ1v) is 6.16. The first-order valence-electron chi connectivity index (χ1n) is 6.16. The lowest BCUT2D eigenvalue weighted by molar-refractivity contribution is -0.385. The van der Waals surface area contributed by atoms with Crippen LogP contribution in [0.1, 0.15) is 11.3 Å². The monoisotopic (exact) mass is 291 g/mol. The van der Waals surface area contributed by atoms with Gasteiger partial charge in [-0.2, -0.15) is 4.98 Å². The molecular weight excluding hydrogens is 277 g/mol. The van der Waals surface area contributed by atoms with Gasteiger partial charge in [-0.05, 0) is 31.5 Å². The summed E-state index contributed by atoms with van der Waals surface area (Å²) < 4.78 is 13.5. The van der Waals surface area contributed by atoms with Crippen molar-refractivity contribution < 1.29 is 9.31 Å². The van der Waals surface area contributed by atoms with Crippen LogP contribution in [0.4, 0.5) is 27.5 Å². The Morgan fingerprint density at radius 2 is 2.00 bits per heavy atom. The molecule has 0 saturated heterocycles. The van der Waals surface area contributed by atoms with Gasteiger partial charge in [-0.3, -0.25) is 10.1 Å². The predicted octanol–water partition coefficient (Wildman–Crippen LogP) is 2.93. The maximum absolute atomic E-state index is 13.5. The number of anilines is 3. The highest BCUT2D eigenvalue weighted by atomic mass is 19.1. The zero-order valence-electron chi connectivity index (χ0n) is 11.8. The summed E-state index contributed by atoms with van der Waals surface area (Å²) in [5, 5.41) is 16.6. The van der Waals surface area contributed by atoms with E-state index in [9.17, 15) is 14.5 Å². The van der Waals surface area contributed by atoms with E-state index in [0.29, 0.717) is 11.3 Å². The van der Waals surface area contributed by atoms with Crippen molar-refractivity contribution in [3.05, 3.63) is 45.4 Å². The van der Waals surface area contributed by atoms with E-state index in [1.54, 1.807) is 26.1 Å². The molecule has 1 heterocycles. The lowest BCUT2D eigenvalue weighted by atomic mass is 10.2. The van der Waals surface area contributed by atoms with Gasteiger partial charge in [0.1, 0.15) is 11.5 Å². The highest BCUT2D eigenvalue weighted by molar-refractivity contribution is 5.68. The number of rotatable bonds is 4. The van der Waals surface area contributed by atoms with Crippen molar-refractivity contribution in [2.45, 2.75) is 13.8 Å². The van der Waals surface area contributed by atoms with Crippen molar-refractivity contribution >= 4 is 23.1 Å². The molecule has 1 aromatic carbocycles. The summed E-state index contributed by atoms with van der Waals surface area (Å²) in [6.45, 7) is 3.15. The number of nitro groups is 1. The third kappa shape index (κ3) is 3.04. The Hall–Kier alpha value is -2.77. The molecule has 7 nitrogen and oxygen atoms in total. The number of nitrogens with zero attached hydrogens (tertiary/aromatic N) is 3. The second-order valence-corrected chi connectivity index (χ2v) is 4.43. The van der Waals surface area contributed by atoms with Gasteiger partial charge in [0.05, 0.1) is 4.92 Å². The number of hydrogen-bond donors (Lipinski definition) is 2. The van der Waals surface area contributed by atoms with E-state index in [-0.39, 0.29) is 23.1 Å². The van der Waals surface area contributed by atoms with Gasteiger partial charge in [-0.1, -0.05) is 6.07 Å². The number of hydrogen-bond acceptors (Lipinski definition) is 6. The maximum atomic E-state index is 13.5. The Kier molecular flexibility index (Phi) is 3.97. The highest BCUT2D eigenvalue weighted by Gasteiger charge is 2.22. The molecule has 0 atom stereocenters. The number of benzene rings is 1. The average Bonchev–Trinajstić information content (AvgIpc) is 2.41. The van der Waals surface area contributed by atoms with Gasteiger partial charge in [-0.15, -0.1) is 0 Å². The molecule has 0 saturated carbocycles. The number of halogens is 1. The van der Waals surface area contributed by atoms with Crippen molar-refractivity contribution in [1.29, 1.82) is 0 Å². The lowest BCUT2D eigenvalue weighted by Crippen LogP contribution is -2.07. The fraction of sp³-hybridized carbons (Fsp3) is 0.231. The molecule has 2 N–H and O–H groups in total. The predicted molar refractivity (Wildman–Crippen MR) is 77.4 cm³/mol. The number of aryl methyl sites for hydroxylation is 2. The van der Waals surface area contributed by atoms with Gasteiger partial charge >= 0.3 is 5.69 Å². The number of nitrogens with one attached hydrogen (secondary N) is 2. The molecule has 0 radical (unpaired) electrons. The normalized spacial score (nSPS) is 10.3. The Morgan fingerprint density at radius 3 is 2.57 bits per heavy atom. The first-order chi connectivity index (χ1) is 9.92. The highest BCUT2D eigenvalue weighted by Crippen LogP contribution is 2.29. The van der Waals surface area contributed by atoms with Crippen LogP contribution >= 0.6 is 0 Å². The SMILES string of the molecule is CNc1nc(C)c([N+](=O)[O-])c(Nc2ccc(C)c(F)c2)n1. The summed E-state index contributed by atoms with van der Waals surface area (Å²) in [4.78, 5) is 18.6. The van der Waals surface area contributed by atoms with Crippen molar-refractivity contribution in [2.75, 3.05) is 17.7 Å². The Labute approximate surface area is 120 Å². The van der Waals surface area contributed by atoms with E-state index in [4.69, 9.17) is 0 Å². The van der Waals surface area contributed by atoms with Crippen LogP contribution in [0.2, 0.25) is 0 Å². The molecule has 2 aromatic rings. The molecule has 110 valence electrons. The summed E-state index contributed by atoms with van der Waals surface area (Å²) >= 11 is 0. The molecule has 0 aliphatic carbocycles. The van der Waals surface area contributed by atoms with E-state index in [0.717, 1.165) is 0 Å². The molecule has 0 spiro atoms. The van der Waals surface area contributed by atoms with E-state index >= 15 is 0 Å². The van der Waals surface area contributed by atoms with E-state index in [1.165, 1.54) is 13.0 Å². The molecule has 0 aliphatic heterocycles. The molecule has 0 bridgehead atoms. The quantitative estimate of drug-likeness (QED) is 0.664. The topological polar surface area (TPSA) is 93.0 Å². The average molecular weight is 291 g/mol. The summed E-state index contributed by atoms with van der Waals surface area (Å²) in [7, 11) is 1.61. The second-order valence-electron chi connectivity index (χ2n) is 4.43. The zero-order valence-corrected chi connectivity index (χ0v) is 11.8. The van der Waals surface area contributed by atoms with Gasteiger partial charge in [0.2, 0.25) is 11.8 Å². The molecule has 21 heavy (non-hydrogen) atoms. The van der Waals surface area contributed by atoms with Gasteiger partial charge in [0.25, 0.3) is 0 Å². The van der Waals surface area contributed by atoms with Crippen molar-refractivity contribution in [3.63, 3.8) is 0 Å². The maximum Gasteiger partial charge on any atom is 0.332 e. The Balaban J connectivity index is 2.48. The van der Waals surface area contributed by atoms with Gasteiger partial charge in [0.15, 0.2) is 0 Å². The summed E-state index contributed by atoms with van der Waals surface area (Å²) in [6, 6.07) is 4.46. The lowest BCUT2D eigenvalue weighted by Gasteiger charge is -2.10. The third-order valence-electron chi connectivity index (χ3n) is 2.90. The van der Waals surface area contributed by atoms with Crippen LogP contribution in [-0.4, -0.2) is 21.9 Å². The van der Waals surface area contributed by atoms with Crippen LogP contribution in [0.5, 0.6) is 0 Å². The van der Waals surface area contributed by atoms with Crippen LogP contribution in [0, 0.1) is 29.8 Å². The van der Waals surface area contributed by atoms with Gasteiger partial charge < -0.3 is 10.6 Å². The van der Waals surface area contributed by atoms with Crippen molar-refractivity contribution in [1.82, 2.24) is 9.97 Å². The zero-order chi connectivity index (χ0) is 15.6. The van der Waals surface area contributed by atoms with E-state index in [2.05, 4.69) is 20.6 Å². The van der Waals surface area contributed by atoms with Crippen LogP contribution in [0.15, 0.2) is 18.2 Å². The number of aromatic nitrogens is 2. The molecule has 2 rings (SSSR count). The standard InChI is InChI=1S/C13H14FN5O2/c1-7-4-5-9(6-10(7)14)17-12-11(19(20)21)8(2)16-13(15-3)18-12/h4-6H,1-3H3,(H2,15,16,17,18). The third-order valence-corrected chi connectivity index (χ3v) is 2.90. The molecule has 0 unspecified atom stereocenters. The van der Waals surface area contributed by atoms with E-state index in [1.807, 2.05) is 0 Å². The molecule has 1 aromatic heterocycles. The van der Waals surface area contributed by atoms with E-state index < -0.39 is 10.7 Å². The molecule has 0 fully saturated rings. The van der Waals surface area contributed by atoms with Gasteiger partial charge in [-0.25, -0.2) is 9.37 Å².